The van der Waals surface area contributed by atoms with Gasteiger partial charge in [0.2, 0.25) is 0 Å². The standard InChI is InChI=1S/C16H16/c1-2-14-8-10-16(11-9-14)13-12-15-6-4-3-5-7-15/h2-11H,1,12-13H2. The summed E-state index contributed by atoms with van der Waals surface area (Å²) in [5, 5.41) is 0. The van der Waals surface area contributed by atoms with Crippen molar-refractivity contribution in [2.75, 3.05) is 0 Å². The van der Waals surface area contributed by atoms with Crippen LogP contribution in [0, 0.1) is 0 Å². The zero-order valence-electron chi connectivity index (χ0n) is 9.39. The van der Waals surface area contributed by atoms with Crippen LogP contribution >= 0.6 is 0 Å². The lowest BCUT2D eigenvalue weighted by molar-refractivity contribution is 0.960. The van der Waals surface area contributed by atoms with Crippen molar-refractivity contribution in [2.24, 2.45) is 0 Å². The summed E-state index contributed by atoms with van der Waals surface area (Å²) in [6, 6.07) is 19.2. The molecule has 0 heterocycles. The molecule has 0 radical (unpaired) electrons. The number of hydrogen-bond acceptors (Lipinski definition) is 0. The number of aryl methyl sites for hydroxylation is 2. The predicted octanol–water partition coefficient (Wildman–Crippen LogP) is 4.11. The molecule has 16 heavy (non-hydrogen) atoms. The van der Waals surface area contributed by atoms with E-state index in [4.69, 9.17) is 0 Å². The molecule has 0 aliphatic carbocycles. The molecule has 0 nitrogen and oxygen atoms in total. The monoisotopic (exact) mass is 208 g/mol. The van der Waals surface area contributed by atoms with E-state index in [1.54, 1.807) is 0 Å². The smallest absolute Gasteiger partial charge is 0.0238 e. The molecule has 0 saturated heterocycles. The Bertz CT molecular complexity index is 437. The first-order valence-corrected chi connectivity index (χ1v) is 5.64. The van der Waals surface area contributed by atoms with Crippen molar-refractivity contribution in [1.82, 2.24) is 0 Å². The molecule has 0 heteroatoms. The number of rotatable bonds is 4. The van der Waals surface area contributed by atoms with Crippen LogP contribution in [0.25, 0.3) is 6.08 Å². The van der Waals surface area contributed by atoms with E-state index in [0.717, 1.165) is 12.8 Å². The molecule has 2 rings (SSSR count). The Hall–Kier alpha value is -1.82. The second kappa shape index (κ2) is 5.32. The van der Waals surface area contributed by atoms with Crippen molar-refractivity contribution in [3.63, 3.8) is 0 Å². The highest BCUT2D eigenvalue weighted by molar-refractivity contribution is 5.47. The van der Waals surface area contributed by atoms with Gasteiger partial charge in [-0.1, -0.05) is 67.3 Å². The van der Waals surface area contributed by atoms with E-state index < -0.39 is 0 Å². The van der Waals surface area contributed by atoms with Gasteiger partial charge in [-0.3, -0.25) is 0 Å². The van der Waals surface area contributed by atoms with Crippen LogP contribution in [0.15, 0.2) is 61.2 Å². The third-order valence-electron chi connectivity index (χ3n) is 2.76. The van der Waals surface area contributed by atoms with Crippen LogP contribution in [0.5, 0.6) is 0 Å². The van der Waals surface area contributed by atoms with Gasteiger partial charge in [0, 0.05) is 0 Å². The normalized spacial score (nSPS) is 10.0. The van der Waals surface area contributed by atoms with Crippen LogP contribution in [-0.2, 0) is 12.8 Å². The molecule has 80 valence electrons. The highest BCUT2D eigenvalue weighted by Crippen LogP contribution is 2.09. The fourth-order valence-corrected chi connectivity index (χ4v) is 1.75. The molecule has 0 N–H and O–H groups in total. The molecular formula is C16H16. The Morgan fingerprint density at radius 3 is 1.88 bits per heavy atom. The van der Waals surface area contributed by atoms with E-state index in [0.29, 0.717) is 0 Å². The molecule has 0 aliphatic rings. The minimum absolute atomic E-state index is 1.10. The lowest BCUT2D eigenvalue weighted by Crippen LogP contribution is -1.90. The summed E-state index contributed by atoms with van der Waals surface area (Å²) in [7, 11) is 0. The Kier molecular flexibility index (Phi) is 3.55. The largest absolute Gasteiger partial charge is 0.0985 e. The SMILES string of the molecule is C=Cc1ccc(CCc2ccccc2)cc1. The van der Waals surface area contributed by atoms with Crippen molar-refractivity contribution in [3.05, 3.63) is 77.9 Å². The predicted molar refractivity (Wildman–Crippen MR) is 70.4 cm³/mol. The third kappa shape index (κ3) is 2.83. The van der Waals surface area contributed by atoms with Gasteiger partial charge in [0.1, 0.15) is 0 Å². The molecule has 0 bridgehead atoms. The van der Waals surface area contributed by atoms with Crippen molar-refractivity contribution in [1.29, 1.82) is 0 Å². The number of hydrogen-bond donors (Lipinski definition) is 0. The van der Waals surface area contributed by atoms with E-state index >= 15 is 0 Å². The second-order valence-electron chi connectivity index (χ2n) is 3.93. The van der Waals surface area contributed by atoms with Crippen molar-refractivity contribution >= 4 is 6.08 Å². The quantitative estimate of drug-likeness (QED) is 0.709. The van der Waals surface area contributed by atoms with E-state index in [-0.39, 0.29) is 0 Å². The fraction of sp³-hybridized carbons (Fsp3) is 0.125. The van der Waals surface area contributed by atoms with Gasteiger partial charge in [0.05, 0.1) is 0 Å². The molecular weight excluding hydrogens is 192 g/mol. The van der Waals surface area contributed by atoms with E-state index in [2.05, 4.69) is 61.2 Å². The summed E-state index contributed by atoms with van der Waals surface area (Å²) < 4.78 is 0. The molecule has 0 amide bonds. The van der Waals surface area contributed by atoms with Gasteiger partial charge >= 0.3 is 0 Å². The molecule has 0 aliphatic heterocycles. The Labute approximate surface area is 97.3 Å². The molecule has 0 spiro atoms. The summed E-state index contributed by atoms with van der Waals surface area (Å²) in [4.78, 5) is 0. The summed E-state index contributed by atoms with van der Waals surface area (Å²) >= 11 is 0. The fourth-order valence-electron chi connectivity index (χ4n) is 1.75. The highest BCUT2D eigenvalue weighted by atomic mass is 14.0. The molecule has 0 atom stereocenters. The van der Waals surface area contributed by atoms with Gasteiger partial charge in [0.15, 0.2) is 0 Å². The maximum absolute atomic E-state index is 3.75. The van der Waals surface area contributed by atoms with Crippen molar-refractivity contribution in [2.45, 2.75) is 12.8 Å². The van der Waals surface area contributed by atoms with Crippen molar-refractivity contribution < 1.29 is 0 Å². The Morgan fingerprint density at radius 1 is 0.750 bits per heavy atom. The lowest BCUT2D eigenvalue weighted by atomic mass is 10.0. The van der Waals surface area contributed by atoms with Crippen LogP contribution in [0.3, 0.4) is 0 Å². The average Bonchev–Trinajstić information content (AvgIpc) is 2.38. The van der Waals surface area contributed by atoms with Gasteiger partial charge in [0.25, 0.3) is 0 Å². The van der Waals surface area contributed by atoms with Gasteiger partial charge < -0.3 is 0 Å². The van der Waals surface area contributed by atoms with E-state index in [9.17, 15) is 0 Å². The van der Waals surface area contributed by atoms with Crippen LogP contribution in [0.1, 0.15) is 16.7 Å². The number of benzene rings is 2. The molecule has 2 aromatic carbocycles. The summed E-state index contributed by atoms with van der Waals surface area (Å²) in [5.41, 5.74) is 3.97. The second-order valence-corrected chi connectivity index (χ2v) is 3.93. The minimum atomic E-state index is 1.10. The van der Waals surface area contributed by atoms with Crippen LogP contribution in [-0.4, -0.2) is 0 Å². The molecule has 0 saturated carbocycles. The van der Waals surface area contributed by atoms with E-state index in [1.165, 1.54) is 16.7 Å². The molecule has 0 aromatic heterocycles. The molecule has 2 aromatic rings. The zero-order chi connectivity index (χ0) is 11.2. The van der Waals surface area contributed by atoms with Gasteiger partial charge in [-0.05, 0) is 29.5 Å². The van der Waals surface area contributed by atoms with Gasteiger partial charge in [-0.25, -0.2) is 0 Å². The topological polar surface area (TPSA) is 0 Å². The molecule has 0 fully saturated rings. The summed E-state index contributed by atoms with van der Waals surface area (Å²) in [6.07, 6.45) is 4.08. The summed E-state index contributed by atoms with van der Waals surface area (Å²) in [5.74, 6) is 0. The van der Waals surface area contributed by atoms with Gasteiger partial charge in [-0.2, -0.15) is 0 Å². The third-order valence-corrected chi connectivity index (χ3v) is 2.76. The van der Waals surface area contributed by atoms with Crippen LogP contribution in [0.2, 0.25) is 0 Å². The van der Waals surface area contributed by atoms with E-state index in [1.807, 2.05) is 6.08 Å². The van der Waals surface area contributed by atoms with Crippen molar-refractivity contribution in [3.8, 4) is 0 Å². The van der Waals surface area contributed by atoms with Crippen LogP contribution < -0.4 is 0 Å². The maximum Gasteiger partial charge on any atom is -0.0238 e. The molecule has 0 unspecified atom stereocenters. The minimum Gasteiger partial charge on any atom is -0.0985 e. The first-order valence-electron chi connectivity index (χ1n) is 5.64. The van der Waals surface area contributed by atoms with Gasteiger partial charge in [-0.15, -0.1) is 0 Å². The first kappa shape index (κ1) is 10.7. The van der Waals surface area contributed by atoms with Crippen LogP contribution in [0.4, 0.5) is 0 Å². The maximum atomic E-state index is 3.75. The Morgan fingerprint density at radius 2 is 1.31 bits per heavy atom. The Balaban J connectivity index is 1.97. The summed E-state index contributed by atoms with van der Waals surface area (Å²) in [6.45, 7) is 3.75. The lowest BCUT2D eigenvalue weighted by Gasteiger charge is -2.02. The average molecular weight is 208 g/mol. The highest BCUT2D eigenvalue weighted by Gasteiger charge is 1.95. The first-order chi connectivity index (χ1) is 7.88. The zero-order valence-corrected chi connectivity index (χ0v) is 9.39.